The fourth-order valence-corrected chi connectivity index (χ4v) is 2.83. The molecule has 1 saturated heterocycles. The lowest BCUT2D eigenvalue weighted by Gasteiger charge is -2.19. The average Bonchev–Trinajstić information content (AvgIpc) is 2.81. The molecular formula is C19H21N3O2. The minimum absolute atomic E-state index is 0.0648. The lowest BCUT2D eigenvalue weighted by atomic mass is 10.1. The summed E-state index contributed by atoms with van der Waals surface area (Å²) in [6.45, 7) is 0.758. The molecule has 0 radical (unpaired) electrons. The monoisotopic (exact) mass is 323 g/mol. The molecule has 5 nitrogen and oxygen atoms in total. The third-order valence-electron chi connectivity index (χ3n) is 4.14. The summed E-state index contributed by atoms with van der Waals surface area (Å²) in [5.74, 6) is 0.363. The first kappa shape index (κ1) is 16.2. The van der Waals surface area contributed by atoms with Gasteiger partial charge in [-0.3, -0.25) is 9.59 Å². The Bertz CT molecular complexity index is 698. The van der Waals surface area contributed by atoms with Crippen LogP contribution in [-0.4, -0.2) is 34.8 Å². The molecule has 0 spiro atoms. The third kappa shape index (κ3) is 4.19. The van der Waals surface area contributed by atoms with Crippen molar-refractivity contribution in [3.05, 3.63) is 48.7 Å². The molecule has 5 heteroatoms. The summed E-state index contributed by atoms with van der Waals surface area (Å²) in [5, 5.41) is 2.76. The number of carbonyl (C=O) groups excluding carboxylic acids is 2. The van der Waals surface area contributed by atoms with Gasteiger partial charge in [-0.1, -0.05) is 36.8 Å². The van der Waals surface area contributed by atoms with E-state index in [1.165, 1.54) is 0 Å². The molecule has 1 fully saturated rings. The van der Waals surface area contributed by atoms with Crippen LogP contribution in [0, 0.1) is 0 Å². The predicted octanol–water partition coefficient (Wildman–Crippen LogP) is 3.09. The maximum atomic E-state index is 12.1. The summed E-state index contributed by atoms with van der Waals surface area (Å²) in [7, 11) is 0. The number of rotatable bonds is 4. The van der Waals surface area contributed by atoms with E-state index in [2.05, 4.69) is 10.3 Å². The standard InChI is InChI=1S/C19H21N3O2/c23-18(14-22-12-6-2-5-9-19(22)24)21-17-11-10-16(13-20-17)15-7-3-1-4-8-15/h1,3-4,7-8,10-11,13H,2,5-6,9,12,14H2,(H,20,21,23). The van der Waals surface area contributed by atoms with Crippen molar-refractivity contribution in [2.24, 2.45) is 0 Å². The van der Waals surface area contributed by atoms with Gasteiger partial charge in [0.15, 0.2) is 0 Å². The third-order valence-corrected chi connectivity index (χ3v) is 4.14. The Labute approximate surface area is 141 Å². The van der Waals surface area contributed by atoms with Gasteiger partial charge >= 0.3 is 0 Å². The van der Waals surface area contributed by atoms with Crippen molar-refractivity contribution in [2.75, 3.05) is 18.4 Å². The quantitative estimate of drug-likeness (QED) is 0.940. The second kappa shape index (κ2) is 7.73. The lowest BCUT2D eigenvalue weighted by molar-refractivity contribution is -0.134. The summed E-state index contributed by atoms with van der Waals surface area (Å²) in [6.07, 6.45) is 5.20. The van der Waals surface area contributed by atoms with E-state index >= 15 is 0 Å². The zero-order valence-corrected chi connectivity index (χ0v) is 13.6. The van der Waals surface area contributed by atoms with Gasteiger partial charge in [0.25, 0.3) is 0 Å². The van der Waals surface area contributed by atoms with Gasteiger partial charge in [0, 0.05) is 24.7 Å². The molecule has 0 bridgehead atoms. The van der Waals surface area contributed by atoms with E-state index in [-0.39, 0.29) is 18.4 Å². The highest BCUT2D eigenvalue weighted by molar-refractivity contribution is 5.94. The van der Waals surface area contributed by atoms with Crippen LogP contribution < -0.4 is 5.32 Å². The minimum Gasteiger partial charge on any atom is -0.333 e. The van der Waals surface area contributed by atoms with Crippen LogP contribution in [0.3, 0.4) is 0 Å². The maximum absolute atomic E-state index is 12.1. The molecule has 124 valence electrons. The van der Waals surface area contributed by atoms with Gasteiger partial charge in [-0.2, -0.15) is 0 Å². The molecule has 24 heavy (non-hydrogen) atoms. The zero-order valence-electron chi connectivity index (χ0n) is 13.6. The van der Waals surface area contributed by atoms with Crippen LogP contribution in [0.2, 0.25) is 0 Å². The number of amides is 2. The highest BCUT2D eigenvalue weighted by atomic mass is 16.2. The molecule has 1 aliphatic rings. The van der Waals surface area contributed by atoms with Crippen molar-refractivity contribution in [3.63, 3.8) is 0 Å². The summed E-state index contributed by atoms with van der Waals surface area (Å²) >= 11 is 0. The molecule has 0 atom stereocenters. The van der Waals surface area contributed by atoms with Crippen molar-refractivity contribution >= 4 is 17.6 Å². The average molecular weight is 323 g/mol. The van der Waals surface area contributed by atoms with Crippen LogP contribution >= 0.6 is 0 Å². The molecule has 1 aliphatic heterocycles. The summed E-state index contributed by atoms with van der Waals surface area (Å²) < 4.78 is 0. The highest BCUT2D eigenvalue weighted by Gasteiger charge is 2.19. The Morgan fingerprint density at radius 1 is 1.04 bits per heavy atom. The number of likely N-dealkylation sites (tertiary alicyclic amines) is 1. The van der Waals surface area contributed by atoms with E-state index in [0.717, 1.165) is 30.4 Å². The Kier molecular flexibility index (Phi) is 5.21. The minimum atomic E-state index is -0.204. The second-order valence-corrected chi connectivity index (χ2v) is 5.97. The van der Waals surface area contributed by atoms with Crippen LogP contribution in [0.4, 0.5) is 5.82 Å². The van der Waals surface area contributed by atoms with E-state index < -0.39 is 0 Å². The molecule has 1 aromatic heterocycles. The van der Waals surface area contributed by atoms with Crippen molar-refractivity contribution in [3.8, 4) is 11.1 Å². The number of nitrogens with one attached hydrogen (secondary N) is 1. The van der Waals surface area contributed by atoms with Crippen molar-refractivity contribution < 1.29 is 9.59 Å². The zero-order chi connectivity index (χ0) is 16.8. The van der Waals surface area contributed by atoms with Gasteiger partial charge in [-0.25, -0.2) is 4.98 Å². The number of carbonyl (C=O) groups is 2. The summed E-state index contributed by atoms with van der Waals surface area (Å²) in [5.41, 5.74) is 2.08. The van der Waals surface area contributed by atoms with Crippen LogP contribution in [0.15, 0.2) is 48.7 Å². The predicted molar refractivity (Wildman–Crippen MR) is 93.4 cm³/mol. The Morgan fingerprint density at radius 3 is 2.62 bits per heavy atom. The van der Waals surface area contributed by atoms with E-state index in [0.29, 0.717) is 18.8 Å². The first-order valence-corrected chi connectivity index (χ1v) is 8.31. The van der Waals surface area contributed by atoms with Crippen molar-refractivity contribution in [1.29, 1.82) is 0 Å². The maximum Gasteiger partial charge on any atom is 0.245 e. The number of aromatic nitrogens is 1. The normalized spacial score (nSPS) is 15.0. The van der Waals surface area contributed by atoms with Crippen LogP contribution in [0.1, 0.15) is 25.7 Å². The fourth-order valence-electron chi connectivity index (χ4n) is 2.83. The Hall–Kier alpha value is -2.69. The molecule has 0 unspecified atom stereocenters. The van der Waals surface area contributed by atoms with Crippen LogP contribution in [0.5, 0.6) is 0 Å². The molecule has 0 aliphatic carbocycles. The van der Waals surface area contributed by atoms with Gasteiger partial charge in [0.05, 0.1) is 6.54 Å². The smallest absolute Gasteiger partial charge is 0.245 e. The molecular weight excluding hydrogens is 302 g/mol. The van der Waals surface area contributed by atoms with Crippen molar-refractivity contribution in [1.82, 2.24) is 9.88 Å². The molecule has 2 amide bonds. The van der Waals surface area contributed by atoms with E-state index in [1.54, 1.807) is 17.2 Å². The van der Waals surface area contributed by atoms with Gasteiger partial charge in [0.2, 0.25) is 11.8 Å². The number of hydrogen-bond acceptors (Lipinski definition) is 3. The van der Waals surface area contributed by atoms with Crippen molar-refractivity contribution in [2.45, 2.75) is 25.7 Å². The van der Waals surface area contributed by atoms with Gasteiger partial charge in [-0.15, -0.1) is 0 Å². The molecule has 1 N–H and O–H groups in total. The van der Waals surface area contributed by atoms with E-state index in [1.807, 2.05) is 36.4 Å². The SMILES string of the molecule is O=C(CN1CCCCCC1=O)Nc1ccc(-c2ccccc2)cn1. The number of benzene rings is 1. The topological polar surface area (TPSA) is 62.3 Å². The van der Waals surface area contributed by atoms with E-state index in [4.69, 9.17) is 0 Å². The van der Waals surface area contributed by atoms with Gasteiger partial charge in [-0.05, 0) is 30.5 Å². The molecule has 1 aromatic carbocycles. The lowest BCUT2D eigenvalue weighted by Crippen LogP contribution is -2.37. The number of pyridine rings is 1. The van der Waals surface area contributed by atoms with Crippen LogP contribution in [-0.2, 0) is 9.59 Å². The van der Waals surface area contributed by atoms with Crippen LogP contribution in [0.25, 0.3) is 11.1 Å². The second-order valence-electron chi connectivity index (χ2n) is 5.97. The number of anilines is 1. The molecule has 0 saturated carbocycles. The highest BCUT2D eigenvalue weighted by Crippen LogP contribution is 2.19. The summed E-state index contributed by atoms with van der Waals surface area (Å²) in [6, 6.07) is 13.7. The molecule has 2 aromatic rings. The first-order valence-electron chi connectivity index (χ1n) is 8.31. The van der Waals surface area contributed by atoms with E-state index in [9.17, 15) is 9.59 Å². The van der Waals surface area contributed by atoms with Gasteiger partial charge < -0.3 is 10.2 Å². The largest absolute Gasteiger partial charge is 0.333 e. The van der Waals surface area contributed by atoms with Gasteiger partial charge in [0.1, 0.15) is 5.82 Å². The molecule has 2 heterocycles. The summed E-state index contributed by atoms with van der Waals surface area (Å²) in [4.78, 5) is 30.0. The molecule has 3 rings (SSSR count). The first-order chi connectivity index (χ1) is 11.7. The fraction of sp³-hybridized carbons (Fsp3) is 0.316. The Morgan fingerprint density at radius 2 is 1.88 bits per heavy atom. The number of hydrogen-bond donors (Lipinski definition) is 1. The number of nitrogens with zero attached hydrogens (tertiary/aromatic N) is 2. The Balaban J connectivity index is 1.59.